The van der Waals surface area contributed by atoms with Crippen LogP contribution in [0.1, 0.15) is 18.4 Å². The number of aromatic nitrogens is 2. The van der Waals surface area contributed by atoms with Crippen molar-refractivity contribution in [2.24, 2.45) is 0 Å². The van der Waals surface area contributed by atoms with Gasteiger partial charge in [-0.15, -0.1) is 0 Å². The Morgan fingerprint density at radius 1 is 1.64 bits per heavy atom. The molecule has 2 heterocycles. The van der Waals surface area contributed by atoms with E-state index in [-0.39, 0.29) is 0 Å². The number of nitrogens with zero attached hydrogens (tertiary/aromatic N) is 1. The zero-order valence-electron chi connectivity index (χ0n) is 7.69. The number of aliphatic carboxylic acids is 1. The number of hydrogen-bond acceptors (Lipinski definition) is 2. The highest BCUT2D eigenvalue weighted by molar-refractivity contribution is 5.87. The van der Waals surface area contributed by atoms with Gasteiger partial charge in [-0.25, -0.2) is 4.98 Å². The summed E-state index contributed by atoms with van der Waals surface area (Å²) in [5.41, 5.74) is 1.51. The fraction of sp³-hybridized carbons (Fsp3) is 0.200. The van der Waals surface area contributed by atoms with Crippen molar-refractivity contribution in [3.05, 3.63) is 30.1 Å². The van der Waals surface area contributed by atoms with Gasteiger partial charge in [0, 0.05) is 17.8 Å². The predicted octanol–water partition coefficient (Wildman–Crippen LogP) is 1.75. The van der Waals surface area contributed by atoms with Gasteiger partial charge >= 0.3 is 5.97 Å². The normalized spacial score (nSPS) is 12.9. The van der Waals surface area contributed by atoms with Crippen LogP contribution in [0.15, 0.2) is 24.5 Å². The van der Waals surface area contributed by atoms with Gasteiger partial charge in [0.2, 0.25) is 0 Å². The monoisotopic (exact) mass is 190 g/mol. The van der Waals surface area contributed by atoms with E-state index in [9.17, 15) is 4.79 Å². The summed E-state index contributed by atoms with van der Waals surface area (Å²) >= 11 is 0. The van der Waals surface area contributed by atoms with Crippen LogP contribution in [0.5, 0.6) is 0 Å². The molecule has 2 aromatic heterocycles. The molecule has 0 fully saturated rings. The van der Waals surface area contributed by atoms with E-state index >= 15 is 0 Å². The highest BCUT2D eigenvalue weighted by Gasteiger charge is 2.17. The number of carbonyl (C=O) groups is 1. The van der Waals surface area contributed by atoms with Crippen molar-refractivity contribution in [1.82, 2.24) is 9.97 Å². The van der Waals surface area contributed by atoms with Crippen LogP contribution in [-0.4, -0.2) is 21.0 Å². The van der Waals surface area contributed by atoms with E-state index in [2.05, 4.69) is 9.97 Å². The summed E-state index contributed by atoms with van der Waals surface area (Å²) in [7, 11) is 0. The first kappa shape index (κ1) is 8.74. The highest BCUT2D eigenvalue weighted by atomic mass is 16.4. The number of hydrogen-bond donors (Lipinski definition) is 2. The first-order valence-electron chi connectivity index (χ1n) is 4.35. The zero-order valence-corrected chi connectivity index (χ0v) is 7.69. The second kappa shape index (κ2) is 3.14. The van der Waals surface area contributed by atoms with Crippen LogP contribution in [0.3, 0.4) is 0 Å². The van der Waals surface area contributed by atoms with E-state index in [4.69, 9.17) is 5.11 Å². The molecule has 14 heavy (non-hydrogen) atoms. The summed E-state index contributed by atoms with van der Waals surface area (Å²) in [6.07, 6.45) is 3.38. The maximum atomic E-state index is 10.8. The molecule has 0 aromatic carbocycles. The summed E-state index contributed by atoms with van der Waals surface area (Å²) in [5, 5.41) is 9.76. The highest BCUT2D eigenvalue weighted by Crippen LogP contribution is 2.23. The molecule has 2 rings (SSSR count). The molecule has 0 bridgehead atoms. The molecule has 1 unspecified atom stereocenters. The van der Waals surface area contributed by atoms with E-state index in [1.54, 1.807) is 25.4 Å². The molecule has 72 valence electrons. The van der Waals surface area contributed by atoms with E-state index in [1.807, 2.05) is 6.07 Å². The number of carboxylic acids is 1. The summed E-state index contributed by atoms with van der Waals surface area (Å²) in [4.78, 5) is 17.9. The summed E-state index contributed by atoms with van der Waals surface area (Å²) in [5.74, 6) is -1.33. The Bertz CT molecular complexity index is 476. The molecular formula is C10H10N2O2. The average molecular weight is 190 g/mol. The Labute approximate surface area is 80.6 Å². The minimum atomic E-state index is -0.824. The van der Waals surface area contributed by atoms with Gasteiger partial charge in [0.05, 0.1) is 5.92 Å². The standard InChI is InChI=1S/C10H10N2O2/c1-6(10(13)14)8-5-12-9-7(8)3-2-4-11-9/h2-6H,1H3,(H,11,12)(H,13,14). The topological polar surface area (TPSA) is 66.0 Å². The number of pyridine rings is 1. The largest absolute Gasteiger partial charge is 0.481 e. The number of H-pyrrole nitrogens is 1. The number of carboxylic acid groups (broad SMARTS) is 1. The molecule has 0 saturated carbocycles. The summed E-state index contributed by atoms with van der Waals surface area (Å²) in [6.45, 7) is 1.66. The molecule has 0 radical (unpaired) electrons. The second-order valence-corrected chi connectivity index (χ2v) is 3.20. The molecule has 2 N–H and O–H groups in total. The molecule has 4 nitrogen and oxygen atoms in total. The lowest BCUT2D eigenvalue weighted by molar-refractivity contribution is -0.138. The van der Waals surface area contributed by atoms with Crippen LogP contribution in [0.2, 0.25) is 0 Å². The number of rotatable bonds is 2. The predicted molar refractivity (Wildman–Crippen MR) is 52.1 cm³/mol. The minimum absolute atomic E-state index is 0.507. The van der Waals surface area contributed by atoms with Crippen molar-refractivity contribution >= 4 is 17.0 Å². The van der Waals surface area contributed by atoms with Crippen LogP contribution < -0.4 is 0 Å². The Hall–Kier alpha value is -1.84. The lowest BCUT2D eigenvalue weighted by atomic mass is 10.0. The molecule has 4 heteroatoms. The lowest BCUT2D eigenvalue weighted by Crippen LogP contribution is -2.06. The number of fused-ring (bicyclic) bond motifs is 1. The van der Waals surface area contributed by atoms with E-state index in [0.717, 1.165) is 16.6 Å². The van der Waals surface area contributed by atoms with Gasteiger partial charge < -0.3 is 10.1 Å². The maximum absolute atomic E-state index is 10.8. The number of aromatic amines is 1. The van der Waals surface area contributed by atoms with Crippen molar-refractivity contribution in [2.75, 3.05) is 0 Å². The van der Waals surface area contributed by atoms with E-state index < -0.39 is 11.9 Å². The van der Waals surface area contributed by atoms with Crippen molar-refractivity contribution < 1.29 is 9.90 Å². The van der Waals surface area contributed by atoms with Gasteiger partial charge in [-0.05, 0) is 24.6 Å². The molecule has 0 aliphatic rings. The van der Waals surface area contributed by atoms with Crippen molar-refractivity contribution in [3.63, 3.8) is 0 Å². The van der Waals surface area contributed by atoms with Crippen LogP contribution in [0.25, 0.3) is 11.0 Å². The SMILES string of the molecule is CC(C(=O)O)c1c[nH]c2ncccc12. The van der Waals surface area contributed by atoms with Gasteiger partial charge in [-0.1, -0.05) is 0 Å². The van der Waals surface area contributed by atoms with Gasteiger partial charge in [0.25, 0.3) is 0 Å². The fourth-order valence-electron chi connectivity index (χ4n) is 1.47. The van der Waals surface area contributed by atoms with Crippen molar-refractivity contribution in [2.45, 2.75) is 12.8 Å². The van der Waals surface area contributed by atoms with Crippen molar-refractivity contribution in [1.29, 1.82) is 0 Å². The maximum Gasteiger partial charge on any atom is 0.310 e. The van der Waals surface area contributed by atoms with E-state index in [1.165, 1.54) is 0 Å². The summed E-state index contributed by atoms with van der Waals surface area (Å²) in [6, 6.07) is 3.67. The second-order valence-electron chi connectivity index (χ2n) is 3.20. The molecule has 0 aliphatic heterocycles. The fourth-order valence-corrected chi connectivity index (χ4v) is 1.47. The zero-order chi connectivity index (χ0) is 10.1. The van der Waals surface area contributed by atoms with Crippen LogP contribution in [0, 0.1) is 0 Å². The van der Waals surface area contributed by atoms with Gasteiger partial charge in [0.1, 0.15) is 5.65 Å². The van der Waals surface area contributed by atoms with Gasteiger partial charge in [-0.3, -0.25) is 4.79 Å². The Balaban J connectivity index is 2.58. The van der Waals surface area contributed by atoms with Crippen molar-refractivity contribution in [3.8, 4) is 0 Å². The third kappa shape index (κ3) is 1.25. The van der Waals surface area contributed by atoms with Crippen LogP contribution in [-0.2, 0) is 4.79 Å². The molecule has 1 atom stereocenters. The quantitative estimate of drug-likeness (QED) is 0.758. The van der Waals surface area contributed by atoms with Gasteiger partial charge in [-0.2, -0.15) is 0 Å². The Morgan fingerprint density at radius 3 is 3.14 bits per heavy atom. The first-order valence-corrected chi connectivity index (χ1v) is 4.35. The van der Waals surface area contributed by atoms with Gasteiger partial charge in [0.15, 0.2) is 0 Å². The number of nitrogens with one attached hydrogen (secondary N) is 1. The first-order chi connectivity index (χ1) is 6.70. The Morgan fingerprint density at radius 2 is 2.43 bits per heavy atom. The summed E-state index contributed by atoms with van der Waals surface area (Å²) < 4.78 is 0. The minimum Gasteiger partial charge on any atom is -0.481 e. The Kier molecular flexibility index (Phi) is 1.96. The van der Waals surface area contributed by atoms with Crippen LogP contribution in [0.4, 0.5) is 0 Å². The molecule has 0 spiro atoms. The molecule has 0 amide bonds. The third-order valence-corrected chi connectivity index (χ3v) is 2.32. The molecule has 2 aromatic rings. The molecule has 0 saturated heterocycles. The lowest BCUT2D eigenvalue weighted by Gasteiger charge is -2.02. The molecular weight excluding hydrogens is 180 g/mol. The van der Waals surface area contributed by atoms with Crippen LogP contribution >= 0.6 is 0 Å². The van der Waals surface area contributed by atoms with E-state index in [0.29, 0.717) is 0 Å². The smallest absolute Gasteiger partial charge is 0.310 e. The average Bonchev–Trinajstić information content (AvgIpc) is 2.60. The third-order valence-electron chi connectivity index (χ3n) is 2.32. The molecule has 0 aliphatic carbocycles.